The van der Waals surface area contributed by atoms with Gasteiger partial charge < -0.3 is 20.1 Å². The largest absolute Gasteiger partial charge is 0.497 e. The Morgan fingerprint density at radius 1 is 1.06 bits per heavy atom. The number of anilines is 3. The molecule has 172 valence electrons. The molecular formula is C26H24N4O4. The number of aromatic nitrogens is 2. The molecule has 4 aromatic rings. The first-order valence-electron chi connectivity index (χ1n) is 11.1. The highest BCUT2D eigenvalue weighted by Crippen LogP contribution is 2.36. The average molecular weight is 457 g/mol. The highest BCUT2D eigenvalue weighted by molar-refractivity contribution is 6.04. The zero-order chi connectivity index (χ0) is 23.5. The van der Waals surface area contributed by atoms with Crippen LogP contribution in [0.3, 0.4) is 0 Å². The van der Waals surface area contributed by atoms with Gasteiger partial charge in [0.05, 0.1) is 23.9 Å². The lowest BCUT2D eigenvalue weighted by molar-refractivity contribution is -0.117. The van der Waals surface area contributed by atoms with Crippen molar-refractivity contribution in [3.05, 3.63) is 72.3 Å². The molecule has 8 nitrogen and oxygen atoms in total. The number of ketones is 1. The van der Waals surface area contributed by atoms with E-state index in [1.54, 1.807) is 13.2 Å². The van der Waals surface area contributed by atoms with E-state index in [1.165, 1.54) is 0 Å². The van der Waals surface area contributed by atoms with Crippen LogP contribution < -0.4 is 20.1 Å². The van der Waals surface area contributed by atoms with Crippen LogP contribution in [0.4, 0.5) is 17.2 Å². The number of methoxy groups -OCH3 is 1. The molecule has 1 aliphatic heterocycles. The van der Waals surface area contributed by atoms with E-state index in [9.17, 15) is 9.59 Å². The molecule has 0 unspecified atom stereocenters. The minimum Gasteiger partial charge on any atom is -0.497 e. The van der Waals surface area contributed by atoms with Crippen LogP contribution in [0, 0.1) is 5.92 Å². The summed E-state index contributed by atoms with van der Waals surface area (Å²) in [5.41, 5.74) is 3.17. The number of Topliss-reactive ketones (excluding diaryl/α,β-unsaturated/α-hetero) is 1. The van der Waals surface area contributed by atoms with Gasteiger partial charge in [-0.25, -0.2) is 0 Å². The fourth-order valence-electron chi connectivity index (χ4n) is 3.68. The Labute approximate surface area is 196 Å². The van der Waals surface area contributed by atoms with E-state index in [0.29, 0.717) is 11.3 Å². The Bertz CT molecular complexity index is 1340. The number of H-pyrrole nitrogens is 1. The van der Waals surface area contributed by atoms with Gasteiger partial charge in [-0.3, -0.25) is 14.7 Å². The number of hydrogen-bond donors (Lipinski definition) is 3. The molecule has 1 aromatic heterocycles. The molecule has 0 atom stereocenters. The van der Waals surface area contributed by atoms with Gasteiger partial charge in [0, 0.05) is 17.0 Å². The zero-order valence-electron chi connectivity index (χ0n) is 18.6. The number of amides is 1. The van der Waals surface area contributed by atoms with E-state index >= 15 is 0 Å². The second-order valence-electron chi connectivity index (χ2n) is 8.13. The number of ether oxygens (including phenoxy) is 2. The molecule has 6 rings (SSSR count). The van der Waals surface area contributed by atoms with E-state index in [0.717, 1.165) is 46.7 Å². The van der Waals surface area contributed by atoms with Crippen LogP contribution >= 0.6 is 0 Å². The Morgan fingerprint density at radius 3 is 2.62 bits per heavy atom. The summed E-state index contributed by atoms with van der Waals surface area (Å²) in [7, 11) is 1.62. The van der Waals surface area contributed by atoms with Gasteiger partial charge >= 0.3 is 0 Å². The van der Waals surface area contributed by atoms with Gasteiger partial charge in [0.25, 0.3) is 0 Å². The third-order valence-electron chi connectivity index (χ3n) is 5.69. The molecule has 2 heterocycles. The van der Waals surface area contributed by atoms with Gasteiger partial charge in [0.1, 0.15) is 5.75 Å². The molecule has 34 heavy (non-hydrogen) atoms. The molecule has 2 aliphatic rings. The molecule has 1 amide bonds. The minimum absolute atomic E-state index is 0.00976. The van der Waals surface area contributed by atoms with Gasteiger partial charge in [0.15, 0.2) is 18.2 Å². The second-order valence-corrected chi connectivity index (χ2v) is 8.13. The van der Waals surface area contributed by atoms with Crippen molar-refractivity contribution in [3.63, 3.8) is 0 Å². The van der Waals surface area contributed by atoms with Crippen LogP contribution in [0.1, 0.15) is 23.2 Å². The molecule has 0 saturated heterocycles. The zero-order valence-corrected chi connectivity index (χ0v) is 18.6. The van der Waals surface area contributed by atoms with Gasteiger partial charge in [-0.2, -0.15) is 5.10 Å². The molecule has 0 spiro atoms. The fourth-order valence-corrected chi connectivity index (χ4v) is 3.68. The number of aromatic amines is 1. The first-order valence-corrected chi connectivity index (χ1v) is 11.1. The number of carbonyl (C=O) groups excluding carboxylic acids is 2. The van der Waals surface area contributed by atoms with Crippen LogP contribution in [0.15, 0.2) is 66.7 Å². The molecule has 3 aromatic carbocycles. The predicted molar refractivity (Wildman–Crippen MR) is 130 cm³/mol. The van der Waals surface area contributed by atoms with Crippen molar-refractivity contribution >= 4 is 39.8 Å². The van der Waals surface area contributed by atoms with Gasteiger partial charge in [-0.1, -0.05) is 18.2 Å². The number of para-hydroxylation sites is 2. The maximum Gasteiger partial charge on any atom is 0.227 e. The van der Waals surface area contributed by atoms with Crippen molar-refractivity contribution < 1.29 is 19.1 Å². The summed E-state index contributed by atoms with van der Waals surface area (Å²) in [5, 5.41) is 14.3. The lowest BCUT2D eigenvalue weighted by Crippen LogP contribution is -2.12. The summed E-state index contributed by atoms with van der Waals surface area (Å²) in [4.78, 5) is 23.0. The summed E-state index contributed by atoms with van der Waals surface area (Å²) >= 11 is 0. The topological polar surface area (TPSA) is 105 Å². The number of nitrogens with one attached hydrogen (secondary N) is 3. The number of fused-ring (bicyclic) bond motifs is 2. The monoisotopic (exact) mass is 456 g/mol. The van der Waals surface area contributed by atoms with Crippen molar-refractivity contribution in [3.8, 4) is 11.5 Å². The summed E-state index contributed by atoms with van der Waals surface area (Å²) in [6, 6.07) is 20.7. The number of rotatable bonds is 5. The minimum atomic E-state index is 0.00976. The first kappa shape index (κ1) is 21.5. The fraction of sp³-hybridized carbons (Fsp3) is 0.192. The highest BCUT2D eigenvalue weighted by Gasteiger charge is 2.29. The standard InChI is InChI=1S/C15H11N3O2.C11H13NO2/c19-13-8-20-14-10(13)5-3-7-12(14)16-15-9-4-1-2-6-11(9)17-18-15;1-14-10-6-4-9(5-7-10)12-11(13)8-2-3-8/h1-7H,8H2,(H2,16,17,18);4-8H,2-3H2,1H3,(H,12,13). The molecule has 0 radical (unpaired) electrons. The van der Waals surface area contributed by atoms with E-state index in [-0.39, 0.29) is 24.2 Å². The number of nitrogens with zero attached hydrogens (tertiary/aromatic N) is 1. The third kappa shape index (κ3) is 4.56. The molecule has 3 N–H and O–H groups in total. The van der Waals surface area contributed by atoms with Crippen molar-refractivity contribution in [2.45, 2.75) is 12.8 Å². The van der Waals surface area contributed by atoms with Crippen molar-refractivity contribution in [2.24, 2.45) is 5.92 Å². The molecule has 0 bridgehead atoms. The maximum absolute atomic E-state index is 11.7. The molecule has 1 aliphatic carbocycles. The Morgan fingerprint density at radius 2 is 1.85 bits per heavy atom. The first-order chi connectivity index (χ1) is 16.6. The van der Waals surface area contributed by atoms with Crippen molar-refractivity contribution in [1.29, 1.82) is 0 Å². The highest BCUT2D eigenvalue weighted by atomic mass is 16.5. The molecule has 1 fully saturated rings. The lowest BCUT2D eigenvalue weighted by Gasteiger charge is -2.08. The van der Waals surface area contributed by atoms with Crippen LogP contribution in [0.25, 0.3) is 10.9 Å². The third-order valence-corrected chi connectivity index (χ3v) is 5.69. The quantitative estimate of drug-likeness (QED) is 0.393. The van der Waals surface area contributed by atoms with Crippen LogP contribution in [-0.2, 0) is 4.79 Å². The van der Waals surface area contributed by atoms with E-state index in [4.69, 9.17) is 9.47 Å². The Kier molecular flexibility index (Phi) is 5.86. The Hall–Kier alpha value is -4.33. The molecular weight excluding hydrogens is 432 g/mol. The number of benzene rings is 3. The van der Waals surface area contributed by atoms with Crippen molar-refractivity contribution in [1.82, 2.24) is 10.2 Å². The smallest absolute Gasteiger partial charge is 0.227 e. The Balaban J connectivity index is 0.000000152. The summed E-state index contributed by atoms with van der Waals surface area (Å²) in [6.45, 7) is 0.106. The molecule has 8 heteroatoms. The molecule has 1 saturated carbocycles. The van der Waals surface area contributed by atoms with Gasteiger partial charge in [-0.15, -0.1) is 0 Å². The van der Waals surface area contributed by atoms with E-state index < -0.39 is 0 Å². The summed E-state index contributed by atoms with van der Waals surface area (Å²) in [5.74, 6) is 2.51. The van der Waals surface area contributed by atoms with Crippen molar-refractivity contribution in [2.75, 3.05) is 24.4 Å². The van der Waals surface area contributed by atoms with Crippen LogP contribution in [-0.4, -0.2) is 35.6 Å². The van der Waals surface area contributed by atoms with Gasteiger partial charge in [0.2, 0.25) is 11.7 Å². The normalized spacial score (nSPS) is 14.0. The maximum atomic E-state index is 11.7. The van der Waals surface area contributed by atoms with E-state index in [2.05, 4.69) is 20.8 Å². The number of hydrogen-bond acceptors (Lipinski definition) is 6. The van der Waals surface area contributed by atoms with Crippen LogP contribution in [0.2, 0.25) is 0 Å². The average Bonchev–Trinajstić information content (AvgIpc) is 3.55. The van der Waals surface area contributed by atoms with Gasteiger partial charge in [-0.05, 0) is 61.4 Å². The SMILES string of the molecule is COc1ccc(NC(=O)C2CC2)cc1.O=C1COc2c(Nc3n[nH]c4ccccc34)cccc21. The second kappa shape index (κ2) is 9.27. The lowest BCUT2D eigenvalue weighted by atomic mass is 10.1. The predicted octanol–water partition coefficient (Wildman–Crippen LogP) is 4.93. The summed E-state index contributed by atoms with van der Waals surface area (Å²) < 4.78 is 10.5. The van der Waals surface area contributed by atoms with Crippen LogP contribution in [0.5, 0.6) is 11.5 Å². The number of carbonyl (C=O) groups is 2. The summed E-state index contributed by atoms with van der Waals surface area (Å²) in [6.07, 6.45) is 2.06. The van der Waals surface area contributed by atoms with E-state index in [1.807, 2.05) is 60.7 Å².